The Morgan fingerprint density at radius 1 is 1.59 bits per heavy atom. The molecule has 5 nitrogen and oxygen atoms in total. The highest BCUT2D eigenvalue weighted by Crippen LogP contribution is 2.30. The number of rotatable bonds is 6. The number of aromatic carboxylic acids is 1. The van der Waals surface area contributed by atoms with Crippen LogP contribution in [0, 0.1) is 0 Å². The van der Waals surface area contributed by atoms with Crippen LogP contribution in [-0.2, 0) is 4.74 Å². The monoisotopic (exact) mass is 236 g/mol. The van der Waals surface area contributed by atoms with E-state index in [4.69, 9.17) is 9.84 Å². The van der Waals surface area contributed by atoms with Gasteiger partial charge in [0.2, 0.25) is 0 Å². The Labute approximate surface area is 100 Å². The highest BCUT2D eigenvalue weighted by molar-refractivity contribution is 5.85. The summed E-state index contributed by atoms with van der Waals surface area (Å²) in [6.07, 6.45) is 2.28. The maximum Gasteiger partial charge on any atom is 0.354 e. The van der Waals surface area contributed by atoms with Crippen molar-refractivity contribution in [3.63, 3.8) is 0 Å². The fraction of sp³-hybridized carbons (Fsp3) is 0.500. The summed E-state index contributed by atoms with van der Waals surface area (Å²) >= 11 is 0. The highest BCUT2D eigenvalue weighted by atomic mass is 16.5. The minimum absolute atomic E-state index is 0.0885. The molecule has 17 heavy (non-hydrogen) atoms. The lowest BCUT2D eigenvalue weighted by molar-refractivity contribution is 0.0690. The molecule has 0 radical (unpaired) electrons. The van der Waals surface area contributed by atoms with Gasteiger partial charge in [-0.3, -0.25) is 0 Å². The van der Waals surface area contributed by atoms with E-state index in [2.05, 4.69) is 9.88 Å². The first-order chi connectivity index (χ1) is 8.22. The smallest absolute Gasteiger partial charge is 0.354 e. The van der Waals surface area contributed by atoms with E-state index in [1.165, 1.54) is 6.07 Å². The van der Waals surface area contributed by atoms with Gasteiger partial charge in [-0.05, 0) is 25.0 Å². The molecule has 92 valence electrons. The summed E-state index contributed by atoms with van der Waals surface area (Å²) in [6.45, 7) is 1.37. The fourth-order valence-electron chi connectivity index (χ4n) is 1.76. The zero-order chi connectivity index (χ0) is 12.3. The summed E-state index contributed by atoms with van der Waals surface area (Å²) in [6, 6.07) is 5.57. The Kier molecular flexibility index (Phi) is 3.58. The number of nitrogens with zero attached hydrogens (tertiary/aromatic N) is 2. The van der Waals surface area contributed by atoms with E-state index in [-0.39, 0.29) is 5.69 Å². The predicted octanol–water partition coefficient (Wildman–Crippen LogP) is 1.40. The van der Waals surface area contributed by atoms with E-state index in [0.717, 1.165) is 25.2 Å². The first kappa shape index (κ1) is 11.9. The van der Waals surface area contributed by atoms with Crippen molar-refractivity contribution in [3.8, 4) is 0 Å². The summed E-state index contributed by atoms with van der Waals surface area (Å²) < 4.78 is 5.06. The largest absolute Gasteiger partial charge is 0.477 e. The van der Waals surface area contributed by atoms with Crippen LogP contribution in [0.3, 0.4) is 0 Å². The third-order valence-corrected chi connectivity index (χ3v) is 2.77. The van der Waals surface area contributed by atoms with Crippen LogP contribution < -0.4 is 4.90 Å². The molecule has 1 fully saturated rings. The maximum absolute atomic E-state index is 10.9. The number of hydrogen-bond acceptors (Lipinski definition) is 4. The minimum atomic E-state index is -0.991. The van der Waals surface area contributed by atoms with Crippen molar-refractivity contribution in [2.75, 3.05) is 25.2 Å². The zero-order valence-corrected chi connectivity index (χ0v) is 9.80. The van der Waals surface area contributed by atoms with Crippen LogP contribution in [-0.4, -0.2) is 42.4 Å². The van der Waals surface area contributed by atoms with Gasteiger partial charge in [0.1, 0.15) is 5.82 Å². The molecule has 0 aliphatic heterocycles. The van der Waals surface area contributed by atoms with E-state index in [9.17, 15) is 4.79 Å². The van der Waals surface area contributed by atoms with Gasteiger partial charge < -0.3 is 14.7 Å². The molecule has 0 unspecified atom stereocenters. The average molecular weight is 236 g/mol. The first-order valence-corrected chi connectivity index (χ1v) is 5.68. The van der Waals surface area contributed by atoms with Crippen LogP contribution in [0.5, 0.6) is 0 Å². The van der Waals surface area contributed by atoms with E-state index < -0.39 is 5.97 Å². The normalized spacial score (nSPS) is 14.6. The van der Waals surface area contributed by atoms with Crippen molar-refractivity contribution in [1.29, 1.82) is 0 Å². The molecular formula is C12H16N2O3. The SMILES string of the molecule is COCCN(c1cccc(C(=O)O)n1)C1CC1. The van der Waals surface area contributed by atoms with Gasteiger partial charge in [-0.2, -0.15) is 0 Å². The summed E-state index contributed by atoms with van der Waals surface area (Å²) in [5.41, 5.74) is 0.0885. The van der Waals surface area contributed by atoms with Gasteiger partial charge in [0.25, 0.3) is 0 Å². The third-order valence-electron chi connectivity index (χ3n) is 2.77. The van der Waals surface area contributed by atoms with Crippen LogP contribution in [0.2, 0.25) is 0 Å². The molecule has 1 aromatic heterocycles. The molecule has 1 saturated carbocycles. The van der Waals surface area contributed by atoms with Crippen LogP contribution in [0.1, 0.15) is 23.3 Å². The highest BCUT2D eigenvalue weighted by Gasteiger charge is 2.29. The van der Waals surface area contributed by atoms with Gasteiger partial charge in [-0.25, -0.2) is 9.78 Å². The summed E-state index contributed by atoms with van der Waals surface area (Å²) in [4.78, 5) is 17.1. The molecule has 1 N–H and O–H groups in total. The second kappa shape index (κ2) is 5.14. The molecule has 1 aliphatic carbocycles. The van der Waals surface area contributed by atoms with Crippen molar-refractivity contribution < 1.29 is 14.6 Å². The number of anilines is 1. The molecule has 5 heteroatoms. The van der Waals surface area contributed by atoms with Gasteiger partial charge in [0.05, 0.1) is 6.61 Å². The number of aromatic nitrogens is 1. The molecule has 1 aromatic rings. The number of carboxylic acids is 1. The predicted molar refractivity (Wildman–Crippen MR) is 63.4 cm³/mol. The lowest BCUT2D eigenvalue weighted by Crippen LogP contribution is -2.30. The average Bonchev–Trinajstić information content (AvgIpc) is 3.14. The topological polar surface area (TPSA) is 62.7 Å². The second-order valence-corrected chi connectivity index (χ2v) is 4.10. The number of ether oxygens (including phenoxy) is 1. The Morgan fingerprint density at radius 3 is 2.94 bits per heavy atom. The molecule has 1 heterocycles. The number of pyridine rings is 1. The second-order valence-electron chi connectivity index (χ2n) is 4.10. The lowest BCUT2D eigenvalue weighted by atomic mass is 10.3. The summed E-state index contributed by atoms with van der Waals surface area (Å²) in [5, 5.41) is 8.92. The van der Waals surface area contributed by atoms with Crippen molar-refractivity contribution in [2.24, 2.45) is 0 Å². The number of hydrogen-bond donors (Lipinski definition) is 1. The van der Waals surface area contributed by atoms with Crippen LogP contribution in [0.15, 0.2) is 18.2 Å². The molecule has 0 amide bonds. The van der Waals surface area contributed by atoms with Gasteiger partial charge in [-0.1, -0.05) is 6.07 Å². The molecule has 0 aromatic carbocycles. The van der Waals surface area contributed by atoms with Crippen LogP contribution in [0.25, 0.3) is 0 Å². The standard InChI is InChI=1S/C12H16N2O3/c1-17-8-7-14(9-5-6-9)11-4-2-3-10(13-11)12(15)16/h2-4,9H,5-8H2,1H3,(H,15,16). The van der Waals surface area contributed by atoms with Crippen molar-refractivity contribution in [3.05, 3.63) is 23.9 Å². The van der Waals surface area contributed by atoms with Gasteiger partial charge in [0, 0.05) is 19.7 Å². The van der Waals surface area contributed by atoms with Crippen molar-refractivity contribution >= 4 is 11.8 Å². The Hall–Kier alpha value is -1.62. The van der Waals surface area contributed by atoms with Crippen molar-refractivity contribution in [2.45, 2.75) is 18.9 Å². The number of carbonyl (C=O) groups is 1. The van der Waals surface area contributed by atoms with E-state index in [0.29, 0.717) is 12.6 Å². The molecule has 0 saturated heterocycles. The quantitative estimate of drug-likeness (QED) is 0.808. The summed E-state index contributed by atoms with van der Waals surface area (Å²) in [5.74, 6) is -0.265. The first-order valence-electron chi connectivity index (χ1n) is 5.68. The zero-order valence-electron chi connectivity index (χ0n) is 9.80. The van der Waals surface area contributed by atoms with Crippen LogP contribution in [0.4, 0.5) is 5.82 Å². The van der Waals surface area contributed by atoms with Crippen molar-refractivity contribution in [1.82, 2.24) is 4.98 Å². The Morgan fingerprint density at radius 2 is 2.35 bits per heavy atom. The number of carboxylic acid groups (broad SMARTS) is 1. The van der Waals surface area contributed by atoms with E-state index >= 15 is 0 Å². The van der Waals surface area contributed by atoms with Gasteiger partial charge in [-0.15, -0.1) is 0 Å². The molecule has 1 aliphatic rings. The molecule has 0 atom stereocenters. The minimum Gasteiger partial charge on any atom is -0.477 e. The van der Waals surface area contributed by atoms with E-state index in [1.807, 2.05) is 6.07 Å². The molecular weight excluding hydrogens is 220 g/mol. The molecule has 0 bridgehead atoms. The molecule has 2 rings (SSSR count). The third kappa shape index (κ3) is 2.94. The van der Waals surface area contributed by atoms with E-state index in [1.54, 1.807) is 13.2 Å². The van der Waals surface area contributed by atoms with Gasteiger partial charge >= 0.3 is 5.97 Å². The summed E-state index contributed by atoms with van der Waals surface area (Å²) in [7, 11) is 1.66. The maximum atomic E-state index is 10.9. The fourth-order valence-corrected chi connectivity index (χ4v) is 1.76. The van der Waals surface area contributed by atoms with Gasteiger partial charge in [0.15, 0.2) is 5.69 Å². The van der Waals surface area contributed by atoms with Crippen LogP contribution >= 0.6 is 0 Å². The Bertz CT molecular complexity index is 404. The number of methoxy groups -OCH3 is 1. The lowest BCUT2D eigenvalue weighted by Gasteiger charge is -2.23. The Balaban J connectivity index is 2.16. The molecule has 0 spiro atoms.